The third kappa shape index (κ3) is 9.06. The highest BCUT2D eigenvalue weighted by Gasteiger charge is 2.24. The van der Waals surface area contributed by atoms with Gasteiger partial charge in [-0.15, -0.1) is 0 Å². The number of anilines is 1. The number of aromatic hydroxyl groups is 2. The molecule has 0 bridgehead atoms. The Balaban J connectivity index is 0.000000271. The summed E-state index contributed by atoms with van der Waals surface area (Å²) in [5.74, 6) is 1.04. The molecule has 32 heavy (non-hydrogen) atoms. The number of allylic oxidation sites excluding steroid dienone is 3. The molecule has 0 fully saturated rings. The number of benzene rings is 2. The fraction of sp³-hybridized carbons (Fsp3) is 0.407. The van der Waals surface area contributed by atoms with Crippen LogP contribution in [0.15, 0.2) is 60.7 Å². The van der Waals surface area contributed by atoms with Crippen LogP contribution < -0.4 is 15.4 Å². The minimum atomic E-state index is 0.181. The summed E-state index contributed by atoms with van der Waals surface area (Å²) < 4.78 is 4.79. The third-order valence-electron chi connectivity index (χ3n) is 4.86. The molecule has 3 rings (SSSR count). The lowest BCUT2D eigenvalue weighted by Crippen LogP contribution is -2.13. The number of fused-ring (bicyclic) bond motifs is 1. The second kappa shape index (κ2) is 15.8. The van der Waals surface area contributed by atoms with Gasteiger partial charge in [-0.3, -0.25) is 0 Å². The number of unbranched alkanes of at least 4 members (excludes halogenated alkanes) is 1. The van der Waals surface area contributed by atoms with E-state index in [1.165, 1.54) is 26.5 Å². The Morgan fingerprint density at radius 2 is 1.75 bits per heavy atom. The molecule has 0 saturated carbocycles. The molecular weight excluding hydrogens is 400 g/mol. The summed E-state index contributed by atoms with van der Waals surface area (Å²) in [6, 6.07) is 12.7. The van der Waals surface area contributed by atoms with E-state index in [4.69, 9.17) is 9.84 Å². The summed E-state index contributed by atoms with van der Waals surface area (Å²) in [6.07, 6.45) is 9.87. The monoisotopic (exact) mass is 440 g/mol. The van der Waals surface area contributed by atoms with Crippen molar-refractivity contribution in [2.75, 3.05) is 25.5 Å². The van der Waals surface area contributed by atoms with E-state index in [0.717, 1.165) is 29.8 Å². The zero-order valence-electron chi connectivity index (χ0n) is 20.2. The first-order chi connectivity index (χ1) is 15.5. The number of phenolic OH excluding ortho intramolecular Hbond substituents is 2. The van der Waals surface area contributed by atoms with E-state index in [2.05, 4.69) is 56.6 Å². The Kier molecular flexibility index (Phi) is 13.4. The zero-order chi connectivity index (χ0) is 23.8. The second-order valence-corrected chi connectivity index (χ2v) is 7.40. The topological polar surface area (TPSA) is 73.8 Å². The normalized spacial score (nSPS) is 15.3. The molecule has 5 heteroatoms. The number of para-hydroxylation sites is 2. The Hall–Kier alpha value is -2.92. The van der Waals surface area contributed by atoms with E-state index < -0.39 is 0 Å². The van der Waals surface area contributed by atoms with Crippen LogP contribution in [0.2, 0.25) is 0 Å². The molecule has 0 radical (unpaired) electrons. The predicted octanol–water partition coefficient (Wildman–Crippen LogP) is 6.35. The Labute approximate surface area is 193 Å². The minimum absolute atomic E-state index is 0.181. The van der Waals surface area contributed by atoms with Crippen molar-refractivity contribution in [3.05, 3.63) is 66.3 Å². The molecule has 1 aliphatic rings. The van der Waals surface area contributed by atoms with Crippen LogP contribution in [0.1, 0.15) is 52.5 Å². The Morgan fingerprint density at radius 3 is 2.34 bits per heavy atom. The lowest BCUT2D eigenvalue weighted by molar-refractivity contribution is 0.373. The maximum absolute atomic E-state index is 9.87. The van der Waals surface area contributed by atoms with Crippen LogP contribution in [0.3, 0.4) is 0 Å². The van der Waals surface area contributed by atoms with Crippen LogP contribution in [-0.4, -0.2) is 36.5 Å². The standard InChI is InChI=1S/C14H17NO.C7H8O2.C6H15N/c1-3-4-5-7-11-10(2)15-12-8-6-9-13(16)14(11)12;1-9-7-5-3-2-4-6(7)8;1-3-5-6-7-4-2/h4-10,15-16H,3H2,1-2H3;2-5,8H,1H3;7H,3-6H2,1-2H3/b5-4-,11-7+;;. The molecule has 1 aliphatic heterocycles. The number of hydrogen-bond donors (Lipinski definition) is 4. The molecule has 4 N–H and O–H groups in total. The molecular formula is C27H40N2O3. The molecule has 1 atom stereocenters. The first kappa shape index (κ1) is 27.1. The van der Waals surface area contributed by atoms with Gasteiger partial charge in [0, 0.05) is 17.3 Å². The maximum Gasteiger partial charge on any atom is 0.160 e. The number of methoxy groups -OCH3 is 1. The van der Waals surface area contributed by atoms with Crippen molar-refractivity contribution in [2.45, 2.75) is 53.0 Å². The van der Waals surface area contributed by atoms with Crippen molar-refractivity contribution < 1.29 is 14.9 Å². The fourth-order valence-electron chi connectivity index (χ4n) is 3.14. The lowest BCUT2D eigenvalue weighted by Gasteiger charge is -2.05. The zero-order valence-corrected chi connectivity index (χ0v) is 20.2. The van der Waals surface area contributed by atoms with Crippen LogP contribution >= 0.6 is 0 Å². The molecule has 2 aromatic rings. The van der Waals surface area contributed by atoms with Crippen LogP contribution in [-0.2, 0) is 0 Å². The molecule has 176 valence electrons. The van der Waals surface area contributed by atoms with Gasteiger partial charge in [0.05, 0.1) is 7.11 Å². The van der Waals surface area contributed by atoms with Crippen LogP contribution in [0.25, 0.3) is 5.57 Å². The van der Waals surface area contributed by atoms with Gasteiger partial charge in [-0.1, -0.05) is 63.6 Å². The quantitative estimate of drug-likeness (QED) is 0.377. The number of phenols is 2. The highest BCUT2D eigenvalue weighted by Crippen LogP contribution is 2.40. The molecule has 5 nitrogen and oxygen atoms in total. The minimum Gasteiger partial charge on any atom is -0.507 e. The first-order valence-corrected chi connectivity index (χ1v) is 11.5. The molecule has 1 unspecified atom stereocenters. The number of nitrogens with one attached hydrogen (secondary N) is 2. The van der Waals surface area contributed by atoms with Gasteiger partial charge in [-0.05, 0) is 62.7 Å². The van der Waals surface area contributed by atoms with Crippen molar-refractivity contribution in [1.29, 1.82) is 0 Å². The first-order valence-electron chi connectivity index (χ1n) is 11.5. The molecule has 2 aromatic carbocycles. The molecule has 0 amide bonds. The van der Waals surface area contributed by atoms with Crippen molar-refractivity contribution in [1.82, 2.24) is 5.32 Å². The lowest BCUT2D eigenvalue weighted by atomic mass is 10.0. The van der Waals surface area contributed by atoms with Crippen LogP contribution in [0, 0.1) is 0 Å². The summed E-state index contributed by atoms with van der Waals surface area (Å²) in [6.45, 7) is 10.8. The fourth-order valence-corrected chi connectivity index (χ4v) is 3.14. The predicted molar refractivity (Wildman–Crippen MR) is 137 cm³/mol. The summed E-state index contributed by atoms with van der Waals surface area (Å²) in [5, 5.41) is 25.5. The van der Waals surface area contributed by atoms with E-state index in [-0.39, 0.29) is 11.8 Å². The summed E-state index contributed by atoms with van der Waals surface area (Å²) >= 11 is 0. The highest BCUT2D eigenvalue weighted by atomic mass is 16.5. The summed E-state index contributed by atoms with van der Waals surface area (Å²) in [4.78, 5) is 0. The molecule has 0 spiro atoms. The number of rotatable bonds is 7. The average Bonchev–Trinajstić information content (AvgIpc) is 3.12. The molecule has 0 aliphatic carbocycles. The van der Waals surface area contributed by atoms with Gasteiger partial charge in [0.1, 0.15) is 5.75 Å². The largest absolute Gasteiger partial charge is 0.507 e. The smallest absolute Gasteiger partial charge is 0.160 e. The van der Waals surface area contributed by atoms with Gasteiger partial charge in [0.25, 0.3) is 0 Å². The molecule has 1 heterocycles. The van der Waals surface area contributed by atoms with Crippen molar-refractivity contribution in [2.24, 2.45) is 0 Å². The number of hydrogen-bond acceptors (Lipinski definition) is 5. The van der Waals surface area contributed by atoms with E-state index >= 15 is 0 Å². The van der Waals surface area contributed by atoms with Gasteiger partial charge < -0.3 is 25.6 Å². The summed E-state index contributed by atoms with van der Waals surface area (Å²) in [5.41, 5.74) is 3.11. The molecule has 0 aromatic heterocycles. The number of ether oxygens (including phenoxy) is 1. The Morgan fingerprint density at radius 1 is 1.03 bits per heavy atom. The van der Waals surface area contributed by atoms with Gasteiger partial charge in [-0.2, -0.15) is 0 Å². The highest BCUT2D eigenvalue weighted by molar-refractivity contribution is 5.90. The van der Waals surface area contributed by atoms with E-state index in [0.29, 0.717) is 11.5 Å². The second-order valence-electron chi connectivity index (χ2n) is 7.40. The maximum atomic E-state index is 9.87. The van der Waals surface area contributed by atoms with Crippen LogP contribution in [0.4, 0.5) is 5.69 Å². The van der Waals surface area contributed by atoms with E-state index in [1.54, 1.807) is 30.3 Å². The van der Waals surface area contributed by atoms with Gasteiger partial charge in [0.15, 0.2) is 11.5 Å². The SMILES string of the molecule is CC/C=C\C=C1\c2c(O)cccc2NC1C.CCCCNCC.COc1ccccc1O. The van der Waals surface area contributed by atoms with Gasteiger partial charge in [0.2, 0.25) is 0 Å². The third-order valence-corrected chi connectivity index (χ3v) is 4.86. The Bertz CT molecular complexity index is 843. The van der Waals surface area contributed by atoms with Crippen molar-refractivity contribution in [3.8, 4) is 17.2 Å². The summed E-state index contributed by atoms with van der Waals surface area (Å²) in [7, 11) is 1.52. The average molecular weight is 441 g/mol. The van der Waals surface area contributed by atoms with Gasteiger partial charge in [-0.25, -0.2) is 0 Å². The van der Waals surface area contributed by atoms with E-state index in [9.17, 15) is 5.11 Å². The van der Waals surface area contributed by atoms with Crippen molar-refractivity contribution >= 4 is 11.3 Å². The van der Waals surface area contributed by atoms with Crippen LogP contribution in [0.5, 0.6) is 17.2 Å². The molecule has 0 saturated heterocycles. The van der Waals surface area contributed by atoms with Gasteiger partial charge >= 0.3 is 0 Å². The van der Waals surface area contributed by atoms with E-state index in [1.807, 2.05) is 12.1 Å². The van der Waals surface area contributed by atoms with Crippen molar-refractivity contribution in [3.63, 3.8) is 0 Å².